The van der Waals surface area contributed by atoms with Crippen LogP contribution >= 0.6 is 0 Å². The van der Waals surface area contributed by atoms with Gasteiger partial charge in [0.05, 0.1) is 18.3 Å². The van der Waals surface area contributed by atoms with Crippen molar-refractivity contribution in [1.82, 2.24) is 19.4 Å². The molecular formula is C14H19N5O4. The van der Waals surface area contributed by atoms with Gasteiger partial charge in [-0.15, -0.1) is 0 Å². The summed E-state index contributed by atoms with van der Waals surface area (Å²) < 4.78 is 7.14. The summed E-state index contributed by atoms with van der Waals surface area (Å²) in [6, 6.07) is 1.77. The highest BCUT2D eigenvalue weighted by atomic mass is 16.6. The number of fused-ring (bicyclic) bond motifs is 1. The molecule has 0 aromatic carbocycles. The molecule has 3 heterocycles. The molecule has 4 atom stereocenters. The minimum atomic E-state index is -1.16. The molecule has 1 aliphatic rings. The highest BCUT2D eigenvalue weighted by molar-refractivity contribution is 5.87. The van der Waals surface area contributed by atoms with Crippen LogP contribution in [0, 0.1) is 0 Å². The monoisotopic (exact) mass is 321 g/mol. The highest BCUT2D eigenvalue weighted by Crippen LogP contribution is 2.33. The Balaban J connectivity index is 1.99. The smallest absolute Gasteiger partial charge is 0.166 e. The van der Waals surface area contributed by atoms with Crippen LogP contribution in [-0.2, 0) is 4.74 Å². The lowest BCUT2D eigenvalue weighted by molar-refractivity contribution is -0.0508. The number of aromatic nitrogens is 3. The minimum absolute atomic E-state index is 0.374. The van der Waals surface area contributed by atoms with Crippen molar-refractivity contribution < 1.29 is 20.1 Å². The molecule has 2 aromatic rings. The Morgan fingerprint density at radius 1 is 1.35 bits per heavy atom. The van der Waals surface area contributed by atoms with Crippen molar-refractivity contribution in [2.24, 2.45) is 4.99 Å². The van der Waals surface area contributed by atoms with Crippen LogP contribution in [0.4, 0.5) is 5.82 Å². The van der Waals surface area contributed by atoms with E-state index >= 15 is 0 Å². The average molecular weight is 321 g/mol. The van der Waals surface area contributed by atoms with Crippen molar-refractivity contribution >= 4 is 23.2 Å². The first kappa shape index (κ1) is 15.8. The minimum Gasteiger partial charge on any atom is -0.394 e. The van der Waals surface area contributed by atoms with Gasteiger partial charge in [0.15, 0.2) is 12.0 Å². The van der Waals surface area contributed by atoms with E-state index in [4.69, 9.17) is 4.74 Å². The van der Waals surface area contributed by atoms with Crippen molar-refractivity contribution in [2.45, 2.75) is 24.5 Å². The Bertz CT molecular complexity index is 716. The van der Waals surface area contributed by atoms with Crippen molar-refractivity contribution in [3.8, 4) is 0 Å². The molecule has 1 saturated heterocycles. The number of hydrogen-bond donors (Lipinski definition) is 3. The number of aliphatic imine (C=N–C) groups is 1. The fraction of sp³-hybridized carbons (Fsp3) is 0.500. The molecule has 0 saturated carbocycles. The zero-order valence-corrected chi connectivity index (χ0v) is 12.8. The Hall–Kier alpha value is -2.07. The lowest BCUT2D eigenvalue weighted by atomic mass is 10.1. The molecule has 3 rings (SSSR count). The van der Waals surface area contributed by atoms with E-state index in [0.717, 1.165) is 0 Å². The number of ether oxygens (including phenoxy) is 1. The largest absolute Gasteiger partial charge is 0.394 e. The van der Waals surface area contributed by atoms with Gasteiger partial charge < -0.3 is 29.5 Å². The first-order valence-corrected chi connectivity index (χ1v) is 7.17. The van der Waals surface area contributed by atoms with Crippen molar-refractivity contribution in [3.63, 3.8) is 0 Å². The van der Waals surface area contributed by atoms with E-state index < -0.39 is 24.5 Å². The fourth-order valence-corrected chi connectivity index (χ4v) is 2.55. The van der Waals surface area contributed by atoms with Gasteiger partial charge in [0.25, 0.3) is 0 Å². The Kier molecular flexibility index (Phi) is 4.26. The lowest BCUT2D eigenvalue weighted by Crippen LogP contribution is -2.33. The molecule has 23 heavy (non-hydrogen) atoms. The third-order valence-electron chi connectivity index (χ3n) is 3.69. The summed E-state index contributed by atoms with van der Waals surface area (Å²) in [5.74, 6) is 0.495. The van der Waals surface area contributed by atoms with Gasteiger partial charge in [0, 0.05) is 20.3 Å². The van der Waals surface area contributed by atoms with Gasteiger partial charge >= 0.3 is 0 Å². The molecule has 0 aliphatic carbocycles. The van der Waals surface area contributed by atoms with E-state index in [2.05, 4.69) is 15.0 Å². The van der Waals surface area contributed by atoms with Crippen LogP contribution in [0.1, 0.15) is 6.23 Å². The summed E-state index contributed by atoms with van der Waals surface area (Å²) in [7, 11) is 3.71. The number of hydrogen-bond acceptors (Lipinski definition) is 7. The second-order valence-corrected chi connectivity index (χ2v) is 5.59. The third-order valence-corrected chi connectivity index (χ3v) is 3.69. The van der Waals surface area contributed by atoms with E-state index in [1.54, 1.807) is 28.1 Å². The van der Waals surface area contributed by atoms with E-state index in [0.29, 0.717) is 16.9 Å². The van der Waals surface area contributed by atoms with E-state index in [1.165, 1.54) is 6.33 Å². The molecule has 9 heteroatoms. The zero-order chi connectivity index (χ0) is 16.6. The first-order valence-electron chi connectivity index (χ1n) is 7.17. The van der Waals surface area contributed by atoms with Gasteiger partial charge in [-0.3, -0.25) is 0 Å². The predicted molar refractivity (Wildman–Crippen MR) is 82.4 cm³/mol. The summed E-state index contributed by atoms with van der Waals surface area (Å²) in [5.41, 5.74) is 0.528. The number of aliphatic hydroxyl groups excluding tert-OH is 3. The van der Waals surface area contributed by atoms with E-state index in [1.807, 2.05) is 14.1 Å². The van der Waals surface area contributed by atoms with Crippen LogP contribution in [0.15, 0.2) is 23.6 Å². The van der Waals surface area contributed by atoms with Crippen LogP contribution < -0.4 is 0 Å². The zero-order valence-electron chi connectivity index (χ0n) is 12.8. The molecule has 0 bridgehead atoms. The second kappa shape index (κ2) is 6.20. The quantitative estimate of drug-likeness (QED) is 0.502. The summed E-state index contributed by atoms with van der Waals surface area (Å²) in [5, 5.41) is 29.9. The summed E-state index contributed by atoms with van der Waals surface area (Å²) in [6.07, 6.45) is 0.713. The summed E-state index contributed by atoms with van der Waals surface area (Å²) in [6.45, 7) is -0.374. The first-order chi connectivity index (χ1) is 11.0. The van der Waals surface area contributed by atoms with Gasteiger partial charge in [0.2, 0.25) is 0 Å². The van der Waals surface area contributed by atoms with Crippen LogP contribution in [0.5, 0.6) is 0 Å². The van der Waals surface area contributed by atoms with Crippen LogP contribution in [0.25, 0.3) is 11.0 Å². The van der Waals surface area contributed by atoms with Gasteiger partial charge in [-0.1, -0.05) is 0 Å². The standard InChI is InChI=1S/C14H19N5O4/c1-18(2)7-17-12-8-3-4-19(13(8)16-6-15-12)14-11(22)10(21)9(5-20)23-14/h3-4,6-7,9-11,14,20-22H,5H2,1-2H3/t9-,10-,11-,14-/m1/s1. The van der Waals surface area contributed by atoms with Crippen LogP contribution in [-0.4, -0.2) is 80.1 Å². The summed E-state index contributed by atoms with van der Waals surface area (Å²) in [4.78, 5) is 14.4. The summed E-state index contributed by atoms with van der Waals surface area (Å²) >= 11 is 0. The molecule has 1 aliphatic heterocycles. The molecule has 0 spiro atoms. The molecule has 0 radical (unpaired) electrons. The van der Waals surface area contributed by atoms with Gasteiger partial charge in [-0.25, -0.2) is 15.0 Å². The molecule has 1 fully saturated rings. The number of aliphatic hydroxyl groups is 3. The molecule has 9 nitrogen and oxygen atoms in total. The van der Waals surface area contributed by atoms with Crippen LogP contribution in [0.3, 0.4) is 0 Å². The van der Waals surface area contributed by atoms with E-state index in [9.17, 15) is 15.3 Å². The Morgan fingerprint density at radius 2 is 2.13 bits per heavy atom. The molecule has 2 aromatic heterocycles. The molecule has 0 amide bonds. The predicted octanol–water partition coefficient (Wildman–Crippen LogP) is -0.736. The van der Waals surface area contributed by atoms with Gasteiger partial charge in [-0.05, 0) is 6.07 Å². The van der Waals surface area contributed by atoms with Crippen molar-refractivity contribution in [1.29, 1.82) is 0 Å². The maximum absolute atomic E-state index is 10.1. The normalized spacial score (nSPS) is 28.0. The topological polar surface area (TPSA) is 116 Å². The van der Waals surface area contributed by atoms with Gasteiger partial charge in [-0.2, -0.15) is 0 Å². The maximum Gasteiger partial charge on any atom is 0.166 e. The average Bonchev–Trinajstić information content (AvgIpc) is 3.08. The SMILES string of the molecule is CN(C)C=Nc1ncnc2c1ccn2[C@@H]1O[C@H](CO)[C@@H](O)[C@H]1O. The molecule has 124 valence electrons. The number of rotatable bonds is 4. The van der Waals surface area contributed by atoms with Gasteiger partial charge in [0.1, 0.15) is 30.3 Å². The second-order valence-electron chi connectivity index (χ2n) is 5.59. The Morgan fingerprint density at radius 3 is 2.78 bits per heavy atom. The highest BCUT2D eigenvalue weighted by Gasteiger charge is 2.43. The fourth-order valence-electron chi connectivity index (χ4n) is 2.55. The molecule has 3 N–H and O–H groups in total. The number of nitrogens with zero attached hydrogens (tertiary/aromatic N) is 5. The van der Waals surface area contributed by atoms with Crippen LogP contribution in [0.2, 0.25) is 0 Å². The third kappa shape index (κ3) is 2.79. The Labute approximate surface area is 132 Å². The van der Waals surface area contributed by atoms with E-state index in [-0.39, 0.29) is 6.61 Å². The molecular weight excluding hydrogens is 302 g/mol. The molecule has 0 unspecified atom stereocenters. The lowest BCUT2D eigenvalue weighted by Gasteiger charge is -2.17. The van der Waals surface area contributed by atoms with Crippen molar-refractivity contribution in [3.05, 3.63) is 18.6 Å². The maximum atomic E-state index is 10.1. The van der Waals surface area contributed by atoms with Crippen molar-refractivity contribution in [2.75, 3.05) is 20.7 Å².